The molecule has 1 heteroatoms. The highest BCUT2D eigenvalue weighted by molar-refractivity contribution is 5.50. The van der Waals surface area contributed by atoms with Gasteiger partial charge in [0.2, 0.25) is 0 Å². The zero-order valence-corrected chi connectivity index (χ0v) is 11.1. The summed E-state index contributed by atoms with van der Waals surface area (Å²) in [6.07, 6.45) is 15.5. The maximum atomic E-state index is 10.00. The first-order chi connectivity index (χ1) is 8.93. The van der Waals surface area contributed by atoms with Crippen LogP contribution in [-0.2, 0) is 4.79 Å². The standard InChI is InChI=1S/C17H23O/c18-16-12-7-5-3-1-2-4-6-9-13-17-14-10-8-11-15-17/h8-11,13-15H,1-7,12H2. The molecule has 0 amide bonds. The summed E-state index contributed by atoms with van der Waals surface area (Å²) in [7, 11) is 0. The van der Waals surface area contributed by atoms with Crippen molar-refractivity contribution in [3.05, 3.63) is 42.0 Å². The van der Waals surface area contributed by atoms with Crippen LogP contribution in [0.2, 0.25) is 0 Å². The largest absolute Gasteiger partial charge is 0.291 e. The zero-order chi connectivity index (χ0) is 12.9. The van der Waals surface area contributed by atoms with Crippen molar-refractivity contribution < 1.29 is 4.79 Å². The Balaban J connectivity index is 1.92. The Morgan fingerprint density at radius 3 is 2.28 bits per heavy atom. The number of benzene rings is 1. The van der Waals surface area contributed by atoms with Gasteiger partial charge >= 0.3 is 0 Å². The third-order valence-electron chi connectivity index (χ3n) is 3.01. The number of unbranched alkanes of at least 4 members (excludes halogenated alkanes) is 7. The summed E-state index contributed by atoms with van der Waals surface area (Å²) in [5, 5.41) is 0. The molecule has 1 nitrogen and oxygen atoms in total. The average molecular weight is 243 g/mol. The van der Waals surface area contributed by atoms with Crippen molar-refractivity contribution in [2.75, 3.05) is 0 Å². The number of allylic oxidation sites excluding steroid dienone is 1. The van der Waals surface area contributed by atoms with E-state index in [1.807, 2.05) is 12.4 Å². The lowest BCUT2D eigenvalue weighted by Gasteiger charge is -1.98. The van der Waals surface area contributed by atoms with Crippen LogP contribution in [-0.4, -0.2) is 6.29 Å². The molecule has 1 radical (unpaired) electrons. The zero-order valence-electron chi connectivity index (χ0n) is 11.1. The summed E-state index contributed by atoms with van der Waals surface area (Å²) in [4.78, 5) is 10.00. The Bertz CT molecular complexity index is 327. The molecule has 0 bridgehead atoms. The molecule has 1 rings (SSSR count). The Morgan fingerprint density at radius 1 is 0.889 bits per heavy atom. The maximum absolute atomic E-state index is 10.00. The van der Waals surface area contributed by atoms with Crippen LogP contribution in [0.4, 0.5) is 0 Å². The van der Waals surface area contributed by atoms with Crippen LogP contribution >= 0.6 is 0 Å². The molecule has 0 saturated heterocycles. The quantitative estimate of drug-likeness (QED) is 0.532. The first-order valence-corrected chi connectivity index (χ1v) is 7.00. The van der Waals surface area contributed by atoms with E-state index in [9.17, 15) is 4.79 Å². The fourth-order valence-electron chi connectivity index (χ4n) is 1.95. The van der Waals surface area contributed by atoms with Gasteiger partial charge < -0.3 is 0 Å². The Kier molecular flexibility index (Phi) is 8.78. The van der Waals surface area contributed by atoms with Crippen LogP contribution in [0.25, 0.3) is 6.08 Å². The molecule has 0 heterocycles. The van der Waals surface area contributed by atoms with Crippen LogP contribution < -0.4 is 0 Å². The molecule has 97 valence electrons. The maximum Gasteiger partial charge on any atom is 0.198 e. The number of hydrogen-bond donors (Lipinski definition) is 0. The summed E-state index contributed by atoms with van der Waals surface area (Å²) in [6, 6.07) is 10.4. The lowest BCUT2D eigenvalue weighted by Crippen LogP contribution is -1.80. The minimum atomic E-state index is 0.611. The molecular formula is C17H23O. The molecule has 0 aliphatic carbocycles. The number of carbonyl (C=O) groups excluding carboxylic acids is 1. The van der Waals surface area contributed by atoms with E-state index < -0.39 is 0 Å². The highest BCUT2D eigenvalue weighted by Crippen LogP contribution is 2.09. The summed E-state index contributed by atoms with van der Waals surface area (Å²) < 4.78 is 0. The van der Waals surface area contributed by atoms with Crippen molar-refractivity contribution in [2.45, 2.75) is 51.4 Å². The molecule has 0 N–H and O–H groups in total. The van der Waals surface area contributed by atoms with Gasteiger partial charge in [-0.3, -0.25) is 4.79 Å². The fraction of sp³-hybridized carbons (Fsp3) is 0.471. The van der Waals surface area contributed by atoms with Crippen molar-refractivity contribution >= 4 is 12.4 Å². The predicted molar refractivity (Wildman–Crippen MR) is 78.1 cm³/mol. The molecule has 0 fully saturated rings. The highest BCUT2D eigenvalue weighted by atomic mass is 16.1. The summed E-state index contributed by atoms with van der Waals surface area (Å²) in [5.74, 6) is 0. The van der Waals surface area contributed by atoms with E-state index in [0.29, 0.717) is 6.42 Å². The molecule has 18 heavy (non-hydrogen) atoms. The van der Waals surface area contributed by atoms with Crippen LogP contribution in [0, 0.1) is 0 Å². The van der Waals surface area contributed by atoms with Crippen LogP contribution in [0.15, 0.2) is 36.4 Å². The Hall–Kier alpha value is -1.37. The van der Waals surface area contributed by atoms with Gasteiger partial charge in [-0.05, 0) is 24.8 Å². The van der Waals surface area contributed by atoms with Gasteiger partial charge in [0.1, 0.15) is 0 Å². The van der Waals surface area contributed by atoms with Crippen LogP contribution in [0.3, 0.4) is 0 Å². The molecule has 0 saturated carbocycles. The summed E-state index contributed by atoms with van der Waals surface area (Å²) >= 11 is 0. The monoisotopic (exact) mass is 243 g/mol. The lowest BCUT2D eigenvalue weighted by atomic mass is 10.1. The predicted octanol–water partition coefficient (Wildman–Crippen LogP) is 4.93. The SMILES string of the molecule is O=[C]CCCCCCCCC=Cc1ccccc1. The summed E-state index contributed by atoms with van der Waals surface area (Å²) in [6.45, 7) is 0. The van der Waals surface area contributed by atoms with E-state index in [0.717, 1.165) is 12.8 Å². The van der Waals surface area contributed by atoms with Gasteiger partial charge in [-0.2, -0.15) is 0 Å². The molecule has 1 aromatic carbocycles. The first kappa shape index (κ1) is 14.7. The molecule has 0 aliphatic rings. The third-order valence-corrected chi connectivity index (χ3v) is 3.01. The smallest absolute Gasteiger partial charge is 0.198 e. The van der Waals surface area contributed by atoms with E-state index in [4.69, 9.17) is 0 Å². The normalized spacial score (nSPS) is 10.9. The van der Waals surface area contributed by atoms with Gasteiger partial charge in [0.05, 0.1) is 0 Å². The van der Waals surface area contributed by atoms with Gasteiger partial charge in [0.15, 0.2) is 6.29 Å². The van der Waals surface area contributed by atoms with E-state index in [-0.39, 0.29) is 0 Å². The minimum Gasteiger partial charge on any atom is -0.291 e. The average Bonchev–Trinajstić information content (AvgIpc) is 2.42. The van der Waals surface area contributed by atoms with Gasteiger partial charge in [-0.25, -0.2) is 0 Å². The molecule has 1 aromatic rings. The Morgan fingerprint density at radius 2 is 1.56 bits per heavy atom. The number of hydrogen-bond acceptors (Lipinski definition) is 1. The molecular weight excluding hydrogens is 220 g/mol. The van der Waals surface area contributed by atoms with Crippen molar-refractivity contribution in [3.63, 3.8) is 0 Å². The van der Waals surface area contributed by atoms with E-state index >= 15 is 0 Å². The van der Waals surface area contributed by atoms with E-state index in [1.54, 1.807) is 0 Å². The second kappa shape index (κ2) is 10.8. The molecule has 0 unspecified atom stereocenters. The van der Waals surface area contributed by atoms with Gasteiger partial charge in [0, 0.05) is 6.42 Å². The van der Waals surface area contributed by atoms with E-state index in [2.05, 4.69) is 36.4 Å². The number of rotatable bonds is 10. The third kappa shape index (κ3) is 7.83. The topological polar surface area (TPSA) is 17.1 Å². The molecule has 0 spiro atoms. The van der Waals surface area contributed by atoms with Crippen LogP contribution in [0.1, 0.15) is 56.9 Å². The van der Waals surface area contributed by atoms with Crippen molar-refractivity contribution in [1.82, 2.24) is 0 Å². The van der Waals surface area contributed by atoms with Gasteiger partial charge in [0.25, 0.3) is 0 Å². The summed E-state index contributed by atoms with van der Waals surface area (Å²) in [5.41, 5.74) is 1.28. The Labute approximate surface area is 111 Å². The second-order valence-electron chi connectivity index (χ2n) is 4.62. The molecule has 0 atom stereocenters. The van der Waals surface area contributed by atoms with Crippen LogP contribution in [0.5, 0.6) is 0 Å². The highest BCUT2D eigenvalue weighted by Gasteiger charge is 1.90. The lowest BCUT2D eigenvalue weighted by molar-refractivity contribution is 0.541. The van der Waals surface area contributed by atoms with Crippen molar-refractivity contribution in [1.29, 1.82) is 0 Å². The van der Waals surface area contributed by atoms with Crippen molar-refractivity contribution in [3.8, 4) is 0 Å². The van der Waals surface area contributed by atoms with Gasteiger partial charge in [-0.1, -0.05) is 68.2 Å². The van der Waals surface area contributed by atoms with Crippen molar-refractivity contribution in [2.24, 2.45) is 0 Å². The first-order valence-electron chi connectivity index (χ1n) is 7.00. The minimum absolute atomic E-state index is 0.611. The molecule has 0 aromatic heterocycles. The molecule has 0 aliphatic heterocycles. The van der Waals surface area contributed by atoms with E-state index in [1.165, 1.54) is 37.7 Å². The van der Waals surface area contributed by atoms with Gasteiger partial charge in [-0.15, -0.1) is 0 Å². The fourth-order valence-corrected chi connectivity index (χ4v) is 1.95. The second-order valence-corrected chi connectivity index (χ2v) is 4.62.